The number of hydrogen-bond donors (Lipinski definition) is 1. The van der Waals surface area contributed by atoms with Crippen LogP contribution in [0.15, 0.2) is 18.2 Å². The van der Waals surface area contributed by atoms with Crippen LogP contribution in [0.3, 0.4) is 0 Å². The summed E-state index contributed by atoms with van der Waals surface area (Å²) in [5.74, 6) is 2.03. The predicted octanol–water partition coefficient (Wildman–Crippen LogP) is 1.44. The van der Waals surface area contributed by atoms with Gasteiger partial charge in [-0.25, -0.2) is 8.42 Å². The third-order valence-electron chi connectivity index (χ3n) is 2.32. The Morgan fingerprint density at radius 1 is 1.33 bits per heavy atom. The van der Waals surface area contributed by atoms with Crippen molar-refractivity contribution in [3.63, 3.8) is 0 Å². The summed E-state index contributed by atoms with van der Waals surface area (Å²) in [6, 6.07) is 5.95. The standard InChI is InChI=1S/C9H10BO3S2/c11-15(12,13)10-4-7-1-2-8-5-14-6-9(8)3-7/h1-3H,4-6H2,(H,11,12,13). The SMILES string of the molecule is O=S(=O)(O)[B]Cc1ccc2c(c1)CSC2. The number of benzene rings is 1. The van der Waals surface area contributed by atoms with Crippen molar-refractivity contribution in [2.45, 2.75) is 17.8 Å². The van der Waals surface area contributed by atoms with Crippen molar-refractivity contribution >= 4 is 28.3 Å². The molecule has 0 atom stereocenters. The monoisotopic (exact) mass is 241 g/mol. The van der Waals surface area contributed by atoms with Gasteiger partial charge in [-0.05, 0) is 17.4 Å². The van der Waals surface area contributed by atoms with Gasteiger partial charge in [0.15, 0.2) is 0 Å². The Labute approximate surface area is 94.2 Å². The molecule has 0 unspecified atom stereocenters. The summed E-state index contributed by atoms with van der Waals surface area (Å²) in [5.41, 5.74) is 3.53. The fourth-order valence-electron chi connectivity index (χ4n) is 1.55. The summed E-state index contributed by atoms with van der Waals surface area (Å²) < 4.78 is 29.7. The van der Waals surface area contributed by atoms with Crippen molar-refractivity contribution < 1.29 is 13.0 Å². The highest BCUT2D eigenvalue weighted by Crippen LogP contribution is 2.30. The summed E-state index contributed by atoms with van der Waals surface area (Å²) in [7, 11) is -3.97. The van der Waals surface area contributed by atoms with Crippen molar-refractivity contribution in [2.24, 2.45) is 0 Å². The van der Waals surface area contributed by atoms with Crippen molar-refractivity contribution in [3.8, 4) is 0 Å². The molecular formula is C9H10BO3S2. The maximum absolute atomic E-state index is 10.5. The Morgan fingerprint density at radius 2 is 2.07 bits per heavy atom. The molecule has 1 heterocycles. The summed E-state index contributed by atoms with van der Waals surface area (Å²) in [5, 5.41) is 0. The Morgan fingerprint density at radius 3 is 2.80 bits per heavy atom. The van der Waals surface area contributed by atoms with Crippen LogP contribution < -0.4 is 0 Å². The first-order valence-corrected chi connectivity index (χ1v) is 7.19. The molecule has 0 bridgehead atoms. The average molecular weight is 241 g/mol. The van der Waals surface area contributed by atoms with Crippen LogP contribution in [0.1, 0.15) is 16.7 Å². The molecule has 1 aromatic rings. The van der Waals surface area contributed by atoms with Crippen LogP contribution in [0, 0.1) is 0 Å². The van der Waals surface area contributed by atoms with E-state index in [2.05, 4.69) is 0 Å². The predicted molar refractivity (Wildman–Crippen MR) is 62.4 cm³/mol. The fourth-order valence-corrected chi connectivity index (χ4v) is 3.05. The average Bonchev–Trinajstić information content (AvgIpc) is 2.60. The van der Waals surface area contributed by atoms with E-state index in [9.17, 15) is 8.42 Å². The quantitative estimate of drug-likeness (QED) is 0.642. The first-order chi connectivity index (χ1) is 7.04. The second-order valence-corrected chi connectivity index (χ2v) is 5.83. The number of fused-ring (bicyclic) bond motifs is 1. The van der Waals surface area contributed by atoms with E-state index in [4.69, 9.17) is 4.55 Å². The maximum atomic E-state index is 10.5. The molecule has 1 aromatic carbocycles. The van der Waals surface area contributed by atoms with Crippen LogP contribution in [0.4, 0.5) is 0 Å². The van der Waals surface area contributed by atoms with Crippen LogP contribution in [-0.4, -0.2) is 19.5 Å². The van der Waals surface area contributed by atoms with Gasteiger partial charge in [-0.3, -0.25) is 4.55 Å². The largest absolute Gasteiger partial charge is 0.321 e. The van der Waals surface area contributed by atoms with Gasteiger partial charge in [-0.1, -0.05) is 23.8 Å². The molecule has 0 aliphatic carbocycles. The zero-order chi connectivity index (χ0) is 10.9. The second kappa shape index (κ2) is 4.19. The Bertz CT molecular complexity index is 470. The second-order valence-electron chi connectivity index (χ2n) is 3.48. The van der Waals surface area contributed by atoms with E-state index in [1.807, 2.05) is 30.0 Å². The molecule has 0 aromatic heterocycles. The van der Waals surface area contributed by atoms with E-state index in [1.54, 1.807) is 0 Å². The van der Waals surface area contributed by atoms with Gasteiger partial charge in [0.25, 0.3) is 0 Å². The van der Waals surface area contributed by atoms with E-state index < -0.39 is 9.97 Å². The molecular weight excluding hydrogens is 231 g/mol. The molecule has 0 spiro atoms. The summed E-state index contributed by atoms with van der Waals surface area (Å²) in [4.78, 5) is 0. The lowest BCUT2D eigenvalue weighted by Crippen LogP contribution is -2.11. The van der Waals surface area contributed by atoms with Gasteiger partial charge in [-0.2, -0.15) is 11.8 Å². The fraction of sp³-hybridized carbons (Fsp3) is 0.333. The molecule has 15 heavy (non-hydrogen) atoms. The minimum Gasteiger partial charge on any atom is -0.295 e. The zero-order valence-corrected chi connectivity index (χ0v) is 9.64. The van der Waals surface area contributed by atoms with Crippen molar-refractivity contribution in [2.75, 3.05) is 0 Å². The number of hydrogen-bond acceptors (Lipinski definition) is 3. The van der Waals surface area contributed by atoms with Gasteiger partial charge in [0, 0.05) is 11.5 Å². The summed E-state index contributed by atoms with van der Waals surface area (Å²) in [6.07, 6.45) is 0.261. The third kappa shape index (κ3) is 3.00. The van der Waals surface area contributed by atoms with E-state index in [0.29, 0.717) is 0 Å². The highest BCUT2D eigenvalue weighted by molar-refractivity contribution is 8.10. The molecule has 79 valence electrons. The van der Waals surface area contributed by atoms with Crippen molar-refractivity contribution in [3.05, 3.63) is 34.9 Å². The van der Waals surface area contributed by atoms with E-state index in [0.717, 1.165) is 23.6 Å². The van der Waals surface area contributed by atoms with Crippen LogP contribution in [0.5, 0.6) is 0 Å². The number of thioether (sulfide) groups is 1. The van der Waals surface area contributed by atoms with Gasteiger partial charge in [0.2, 0.25) is 9.97 Å². The Kier molecular flexibility index (Phi) is 3.09. The zero-order valence-electron chi connectivity index (χ0n) is 8.01. The van der Waals surface area contributed by atoms with E-state index in [1.165, 1.54) is 11.1 Å². The first-order valence-electron chi connectivity index (χ1n) is 4.54. The van der Waals surface area contributed by atoms with Crippen LogP contribution in [0.25, 0.3) is 0 Å². The highest BCUT2D eigenvalue weighted by Gasteiger charge is 2.13. The molecule has 2 rings (SSSR count). The lowest BCUT2D eigenvalue weighted by atomic mass is 9.93. The van der Waals surface area contributed by atoms with E-state index >= 15 is 0 Å². The third-order valence-corrected chi connectivity index (χ3v) is 3.93. The minimum atomic E-state index is -3.97. The maximum Gasteiger partial charge on any atom is 0.321 e. The van der Waals surface area contributed by atoms with Gasteiger partial charge < -0.3 is 0 Å². The molecule has 1 aliphatic rings. The molecule has 3 nitrogen and oxygen atoms in total. The Balaban J connectivity index is 2.10. The first kappa shape index (κ1) is 11.0. The lowest BCUT2D eigenvalue weighted by Gasteiger charge is -2.02. The smallest absolute Gasteiger partial charge is 0.295 e. The highest BCUT2D eigenvalue weighted by atomic mass is 32.2. The summed E-state index contributed by atoms with van der Waals surface area (Å²) in [6.45, 7) is 0.927. The van der Waals surface area contributed by atoms with Gasteiger partial charge >= 0.3 is 6.56 Å². The van der Waals surface area contributed by atoms with Crippen LogP contribution in [0.2, 0.25) is 0 Å². The lowest BCUT2D eigenvalue weighted by molar-refractivity contribution is 0.500. The van der Waals surface area contributed by atoms with Crippen molar-refractivity contribution in [1.82, 2.24) is 0 Å². The molecule has 6 heteroatoms. The number of rotatable bonds is 3. The van der Waals surface area contributed by atoms with Crippen LogP contribution in [-0.2, 0) is 27.8 Å². The Hall–Kier alpha value is -0.455. The molecule has 1 aliphatic heterocycles. The molecule has 1 N–H and O–H groups in total. The van der Waals surface area contributed by atoms with Crippen LogP contribution >= 0.6 is 11.8 Å². The summed E-state index contributed by atoms with van der Waals surface area (Å²) >= 11 is 1.86. The molecule has 0 amide bonds. The molecule has 0 saturated carbocycles. The van der Waals surface area contributed by atoms with Gasteiger partial charge in [-0.15, -0.1) is 0 Å². The minimum absolute atomic E-state index is 0.261. The molecule has 0 saturated heterocycles. The van der Waals surface area contributed by atoms with E-state index in [-0.39, 0.29) is 6.32 Å². The molecule has 0 fully saturated rings. The van der Waals surface area contributed by atoms with Gasteiger partial charge in [0.05, 0.1) is 0 Å². The topological polar surface area (TPSA) is 54.4 Å². The van der Waals surface area contributed by atoms with Gasteiger partial charge in [0.1, 0.15) is 0 Å². The molecule has 1 radical (unpaired) electrons. The van der Waals surface area contributed by atoms with Crippen molar-refractivity contribution in [1.29, 1.82) is 0 Å². The normalized spacial score (nSPS) is 15.0.